The number of benzene rings is 2. The van der Waals surface area contributed by atoms with E-state index in [1.165, 1.54) is 0 Å². The van der Waals surface area contributed by atoms with E-state index in [0.29, 0.717) is 11.4 Å². The van der Waals surface area contributed by atoms with E-state index in [-0.39, 0.29) is 18.2 Å². The van der Waals surface area contributed by atoms with Crippen LogP contribution in [0.15, 0.2) is 48.5 Å². The first kappa shape index (κ1) is 18.5. The number of ketones is 1. The van der Waals surface area contributed by atoms with Crippen LogP contribution in [0.1, 0.15) is 36.5 Å². The third-order valence-corrected chi connectivity index (χ3v) is 4.92. The molecule has 136 valence electrons. The first-order valence-electron chi connectivity index (χ1n) is 8.67. The van der Waals surface area contributed by atoms with Crippen LogP contribution in [-0.2, 0) is 20.7 Å². The molecule has 5 heteroatoms. The second-order valence-corrected chi connectivity index (χ2v) is 6.88. The molecule has 2 aromatic carbocycles. The molecule has 0 radical (unpaired) electrons. The number of carbonyl (C=O) groups is 2. The summed E-state index contributed by atoms with van der Waals surface area (Å²) in [6.45, 7) is 0. The lowest BCUT2D eigenvalue weighted by molar-refractivity contribution is -0.141. The van der Waals surface area contributed by atoms with Crippen molar-refractivity contribution in [2.75, 3.05) is 7.11 Å². The zero-order valence-corrected chi connectivity index (χ0v) is 15.4. The number of esters is 1. The van der Waals surface area contributed by atoms with Crippen molar-refractivity contribution < 1.29 is 19.1 Å². The predicted molar refractivity (Wildman–Crippen MR) is 99.3 cm³/mol. The number of hydrogen-bond donors (Lipinski definition) is 0. The normalized spacial score (nSPS) is 19.2. The van der Waals surface area contributed by atoms with Gasteiger partial charge in [-0.15, -0.1) is 0 Å². The molecule has 0 spiro atoms. The summed E-state index contributed by atoms with van der Waals surface area (Å²) < 4.78 is 10.5. The van der Waals surface area contributed by atoms with Gasteiger partial charge in [0, 0.05) is 11.4 Å². The summed E-state index contributed by atoms with van der Waals surface area (Å²) in [5, 5.41) is 0.612. The Hall–Kier alpha value is -2.33. The Morgan fingerprint density at radius 1 is 1.15 bits per heavy atom. The van der Waals surface area contributed by atoms with Gasteiger partial charge in [-0.1, -0.05) is 35.9 Å². The van der Waals surface area contributed by atoms with Gasteiger partial charge >= 0.3 is 5.97 Å². The minimum Gasteiger partial charge on any atom is -0.497 e. The fourth-order valence-corrected chi connectivity index (χ4v) is 3.36. The van der Waals surface area contributed by atoms with Crippen molar-refractivity contribution in [3.05, 3.63) is 64.7 Å². The molecule has 0 aromatic heterocycles. The van der Waals surface area contributed by atoms with Crippen LogP contribution < -0.4 is 4.74 Å². The molecule has 2 atom stereocenters. The van der Waals surface area contributed by atoms with Gasteiger partial charge in [-0.2, -0.15) is 0 Å². The fraction of sp³-hybridized carbons (Fsp3) is 0.333. The van der Waals surface area contributed by atoms with Crippen molar-refractivity contribution in [1.82, 2.24) is 0 Å². The molecule has 1 aliphatic rings. The van der Waals surface area contributed by atoms with Crippen LogP contribution >= 0.6 is 11.6 Å². The van der Waals surface area contributed by atoms with E-state index in [9.17, 15) is 9.59 Å². The van der Waals surface area contributed by atoms with E-state index < -0.39 is 12.0 Å². The number of Topliss-reactive ketones (excluding diaryl/α,β-unsaturated/α-hetero) is 1. The molecule has 1 aliphatic heterocycles. The van der Waals surface area contributed by atoms with Gasteiger partial charge in [0.2, 0.25) is 0 Å². The standard InChI is InChI=1S/C21H21ClO4/c1-25-17-11-5-14(6-12-17)3-2-4-19(23)18-13-20(24)26-21(18)15-7-9-16(22)10-8-15/h5-12,18,21H,2-4,13H2,1H3/t18-,21-/m0/s1. The molecule has 3 rings (SSSR count). The largest absolute Gasteiger partial charge is 0.497 e. The monoisotopic (exact) mass is 372 g/mol. The van der Waals surface area contributed by atoms with E-state index in [1.54, 1.807) is 19.2 Å². The van der Waals surface area contributed by atoms with Crippen molar-refractivity contribution in [1.29, 1.82) is 0 Å². The Morgan fingerprint density at radius 2 is 1.85 bits per heavy atom. The minimum atomic E-state index is -0.506. The van der Waals surface area contributed by atoms with Crippen LogP contribution in [0, 0.1) is 5.92 Å². The van der Waals surface area contributed by atoms with Gasteiger partial charge in [0.15, 0.2) is 0 Å². The summed E-state index contributed by atoms with van der Waals surface area (Å²) in [5.41, 5.74) is 1.97. The van der Waals surface area contributed by atoms with Crippen LogP contribution in [0.3, 0.4) is 0 Å². The number of halogens is 1. The van der Waals surface area contributed by atoms with E-state index in [4.69, 9.17) is 21.1 Å². The lowest BCUT2D eigenvalue weighted by Gasteiger charge is -2.17. The van der Waals surface area contributed by atoms with Crippen LogP contribution in [0.5, 0.6) is 5.75 Å². The molecular formula is C21H21ClO4. The lowest BCUT2D eigenvalue weighted by atomic mass is 9.89. The minimum absolute atomic E-state index is 0.0734. The SMILES string of the molecule is COc1ccc(CCCC(=O)[C@@H]2CC(=O)O[C@H]2c2ccc(Cl)cc2)cc1. The molecule has 2 aromatic rings. The number of cyclic esters (lactones) is 1. The molecule has 1 saturated heterocycles. The van der Waals surface area contributed by atoms with Gasteiger partial charge in [0.05, 0.1) is 19.4 Å². The van der Waals surface area contributed by atoms with Crippen molar-refractivity contribution in [2.45, 2.75) is 31.8 Å². The first-order chi connectivity index (χ1) is 12.6. The highest BCUT2D eigenvalue weighted by Crippen LogP contribution is 2.37. The summed E-state index contributed by atoms with van der Waals surface area (Å²) in [6.07, 6.45) is 1.62. The average Bonchev–Trinajstić information content (AvgIpc) is 3.04. The summed E-state index contributed by atoms with van der Waals surface area (Å²) in [5.74, 6) is 0.152. The smallest absolute Gasteiger partial charge is 0.307 e. The third kappa shape index (κ3) is 4.44. The van der Waals surface area contributed by atoms with Gasteiger partial charge in [-0.05, 0) is 48.2 Å². The molecule has 1 heterocycles. The quantitative estimate of drug-likeness (QED) is 0.669. The highest BCUT2D eigenvalue weighted by Gasteiger charge is 2.40. The Labute approximate surface area is 158 Å². The number of aryl methyl sites for hydroxylation is 1. The Bertz CT molecular complexity index is 768. The van der Waals surface area contributed by atoms with Gasteiger partial charge in [-0.25, -0.2) is 0 Å². The molecule has 0 saturated carbocycles. The van der Waals surface area contributed by atoms with Crippen LogP contribution in [0.25, 0.3) is 0 Å². The topological polar surface area (TPSA) is 52.6 Å². The van der Waals surface area contributed by atoms with E-state index >= 15 is 0 Å². The maximum Gasteiger partial charge on any atom is 0.307 e. The van der Waals surface area contributed by atoms with E-state index in [2.05, 4.69) is 0 Å². The number of methoxy groups -OCH3 is 1. The average molecular weight is 373 g/mol. The molecule has 0 unspecified atom stereocenters. The molecule has 0 amide bonds. The number of ether oxygens (including phenoxy) is 2. The van der Waals surface area contributed by atoms with Gasteiger partial charge in [0.25, 0.3) is 0 Å². The summed E-state index contributed by atoms with van der Waals surface area (Å²) in [7, 11) is 1.63. The number of rotatable bonds is 7. The zero-order valence-electron chi connectivity index (χ0n) is 14.6. The maximum absolute atomic E-state index is 12.7. The first-order valence-corrected chi connectivity index (χ1v) is 9.05. The van der Waals surface area contributed by atoms with Crippen molar-refractivity contribution >= 4 is 23.4 Å². The third-order valence-electron chi connectivity index (χ3n) is 4.67. The van der Waals surface area contributed by atoms with Gasteiger partial charge in [0.1, 0.15) is 17.6 Å². The van der Waals surface area contributed by atoms with E-state index in [0.717, 1.165) is 29.7 Å². The fourth-order valence-electron chi connectivity index (χ4n) is 3.24. The molecule has 0 aliphatic carbocycles. The molecule has 1 fully saturated rings. The van der Waals surface area contributed by atoms with Crippen LogP contribution in [-0.4, -0.2) is 18.9 Å². The predicted octanol–water partition coefficient (Wildman–Crippen LogP) is 4.54. The summed E-state index contributed by atoms with van der Waals surface area (Å²) >= 11 is 5.91. The number of carbonyl (C=O) groups excluding carboxylic acids is 2. The molecule has 26 heavy (non-hydrogen) atoms. The van der Waals surface area contributed by atoms with Crippen LogP contribution in [0.2, 0.25) is 5.02 Å². The highest BCUT2D eigenvalue weighted by molar-refractivity contribution is 6.30. The lowest BCUT2D eigenvalue weighted by Crippen LogP contribution is -2.18. The zero-order chi connectivity index (χ0) is 18.5. The van der Waals surface area contributed by atoms with Crippen molar-refractivity contribution in [3.63, 3.8) is 0 Å². The second-order valence-electron chi connectivity index (χ2n) is 6.44. The van der Waals surface area contributed by atoms with Gasteiger partial charge in [-0.3, -0.25) is 9.59 Å². The van der Waals surface area contributed by atoms with Crippen LogP contribution in [0.4, 0.5) is 0 Å². The number of hydrogen-bond acceptors (Lipinski definition) is 4. The molecule has 4 nitrogen and oxygen atoms in total. The Kier molecular flexibility index (Phi) is 5.94. The highest BCUT2D eigenvalue weighted by atomic mass is 35.5. The Morgan fingerprint density at radius 3 is 2.50 bits per heavy atom. The molecule has 0 bridgehead atoms. The summed E-state index contributed by atoms with van der Waals surface area (Å²) in [6, 6.07) is 14.9. The van der Waals surface area contributed by atoms with E-state index in [1.807, 2.05) is 36.4 Å². The maximum atomic E-state index is 12.7. The second kappa shape index (κ2) is 8.37. The van der Waals surface area contributed by atoms with Crippen molar-refractivity contribution in [3.8, 4) is 5.75 Å². The molecular weight excluding hydrogens is 352 g/mol. The van der Waals surface area contributed by atoms with Crippen molar-refractivity contribution in [2.24, 2.45) is 5.92 Å². The summed E-state index contributed by atoms with van der Waals surface area (Å²) in [4.78, 5) is 24.4. The Balaban J connectivity index is 1.58. The van der Waals surface area contributed by atoms with Gasteiger partial charge < -0.3 is 9.47 Å². The molecule has 0 N–H and O–H groups in total.